The quantitative estimate of drug-likeness (QED) is 0.168. The zero-order valence-corrected chi connectivity index (χ0v) is 22.2. The molecule has 0 aromatic rings. The predicted molar refractivity (Wildman–Crippen MR) is 145 cm³/mol. The molecule has 2 heteroatoms. The highest BCUT2D eigenvalue weighted by Gasteiger charge is 2.04. The molecule has 0 aliphatic heterocycles. The zero-order valence-electron chi connectivity index (χ0n) is 21.3. The largest absolute Gasteiger partial charge is 0.396 e. The summed E-state index contributed by atoms with van der Waals surface area (Å²) in [5.41, 5.74) is 7.37. The smallest absolute Gasteiger partial charge is 0.0462 e. The van der Waals surface area contributed by atoms with Gasteiger partial charge in [-0.05, 0) is 117 Å². The summed E-state index contributed by atoms with van der Waals surface area (Å²) in [5, 5.41) is 9.38. The molecule has 0 saturated carbocycles. The third-order valence-corrected chi connectivity index (χ3v) is 6.04. The maximum absolute atomic E-state index is 9.38. The van der Waals surface area contributed by atoms with E-state index in [0.29, 0.717) is 5.92 Å². The lowest BCUT2D eigenvalue weighted by Gasteiger charge is -2.10. The van der Waals surface area contributed by atoms with Crippen molar-refractivity contribution in [3.8, 4) is 0 Å². The van der Waals surface area contributed by atoms with Crippen molar-refractivity contribution in [2.45, 2.75) is 106 Å². The van der Waals surface area contributed by atoms with Crippen molar-refractivity contribution < 1.29 is 5.11 Å². The van der Waals surface area contributed by atoms with Crippen LogP contribution < -0.4 is 0 Å². The van der Waals surface area contributed by atoms with Crippen LogP contribution in [0.25, 0.3) is 0 Å². The van der Waals surface area contributed by atoms with Gasteiger partial charge < -0.3 is 5.11 Å². The number of allylic oxidation sites excluding steroid dienone is 10. The Labute approximate surface area is 199 Å². The fraction of sp³-hybridized carbons (Fsp3) is 0.655. The van der Waals surface area contributed by atoms with Crippen LogP contribution in [0.4, 0.5) is 0 Å². The summed E-state index contributed by atoms with van der Waals surface area (Å²) in [5.74, 6) is 1.21. The summed E-state index contributed by atoms with van der Waals surface area (Å²) in [4.78, 5) is 0. The molecule has 31 heavy (non-hydrogen) atoms. The first kappa shape index (κ1) is 30.0. The average Bonchev–Trinajstić information content (AvgIpc) is 2.70. The zero-order chi connectivity index (χ0) is 23.5. The molecule has 0 aromatic heterocycles. The molecule has 178 valence electrons. The summed E-state index contributed by atoms with van der Waals surface area (Å²) in [6, 6.07) is 0. The van der Waals surface area contributed by atoms with Crippen molar-refractivity contribution in [3.63, 3.8) is 0 Å². The minimum Gasteiger partial charge on any atom is -0.396 e. The summed E-state index contributed by atoms with van der Waals surface area (Å²) >= 11 is 4.27. The van der Waals surface area contributed by atoms with Gasteiger partial charge in [-0.3, -0.25) is 0 Å². The van der Waals surface area contributed by atoms with E-state index in [4.69, 9.17) is 0 Å². The second kappa shape index (κ2) is 19.7. The highest BCUT2D eigenvalue weighted by molar-refractivity contribution is 7.80. The second-order valence-corrected chi connectivity index (χ2v) is 9.88. The molecule has 0 aliphatic carbocycles. The van der Waals surface area contributed by atoms with Crippen LogP contribution in [-0.4, -0.2) is 17.5 Å². The highest BCUT2D eigenvalue weighted by atomic mass is 32.1. The number of hydrogen-bond donors (Lipinski definition) is 2. The van der Waals surface area contributed by atoms with Crippen LogP contribution in [0.2, 0.25) is 0 Å². The van der Waals surface area contributed by atoms with Crippen molar-refractivity contribution in [1.29, 1.82) is 0 Å². The Morgan fingerprint density at radius 3 is 1.39 bits per heavy atom. The first-order chi connectivity index (χ1) is 14.8. The standard InChI is InChI=1S/C29H50OS/c1-24(2)11-7-12-25(3)13-8-14-26(4)15-9-16-27(5)17-10-18-28(6)19-20-29(23-30)21-22-31/h11,13,15,17,19,29-31H,7-10,12,14,16,18,20-23H2,1-6H3. The summed E-state index contributed by atoms with van der Waals surface area (Å²) in [6.07, 6.45) is 23.1. The van der Waals surface area contributed by atoms with Crippen LogP contribution in [0.3, 0.4) is 0 Å². The van der Waals surface area contributed by atoms with Crippen LogP contribution in [0.1, 0.15) is 106 Å². The molecule has 0 aliphatic rings. The minimum absolute atomic E-state index is 0.266. The van der Waals surface area contributed by atoms with Gasteiger partial charge in [0.1, 0.15) is 0 Å². The lowest BCUT2D eigenvalue weighted by atomic mass is 10.00. The monoisotopic (exact) mass is 446 g/mol. The normalized spacial score (nSPS) is 14.7. The number of aliphatic hydroxyl groups is 1. The highest BCUT2D eigenvalue weighted by Crippen LogP contribution is 2.16. The van der Waals surface area contributed by atoms with Gasteiger partial charge in [-0.2, -0.15) is 12.6 Å². The molecule has 0 fully saturated rings. The van der Waals surface area contributed by atoms with E-state index in [9.17, 15) is 5.11 Å². The van der Waals surface area contributed by atoms with Crippen LogP contribution in [0, 0.1) is 5.92 Å². The first-order valence-corrected chi connectivity index (χ1v) is 12.9. The van der Waals surface area contributed by atoms with Crippen molar-refractivity contribution in [1.82, 2.24) is 0 Å². The van der Waals surface area contributed by atoms with E-state index in [1.165, 1.54) is 47.1 Å². The fourth-order valence-corrected chi connectivity index (χ4v) is 3.83. The third kappa shape index (κ3) is 19.4. The lowest BCUT2D eigenvalue weighted by molar-refractivity contribution is 0.224. The number of thiol groups is 1. The van der Waals surface area contributed by atoms with E-state index >= 15 is 0 Å². The predicted octanol–water partition coefficient (Wildman–Crippen LogP) is 9.18. The maximum atomic E-state index is 9.38. The third-order valence-electron chi connectivity index (χ3n) is 5.78. The lowest BCUT2D eigenvalue weighted by Crippen LogP contribution is -2.05. The van der Waals surface area contributed by atoms with E-state index in [1.807, 2.05) is 0 Å². The van der Waals surface area contributed by atoms with Gasteiger partial charge in [0.25, 0.3) is 0 Å². The molecular weight excluding hydrogens is 396 g/mol. The molecule has 0 spiro atoms. The van der Waals surface area contributed by atoms with Crippen LogP contribution in [-0.2, 0) is 0 Å². The van der Waals surface area contributed by atoms with Gasteiger partial charge in [0, 0.05) is 6.61 Å². The first-order valence-electron chi connectivity index (χ1n) is 12.3. The van der Waals surface area contributed by atoms with Crippen molar-refractivity contribution in [2.24, 2.45) is 5.92 Å². The van der Waals surface area contributed by atoms with Crippen LogP contribution in [0.5, 0.6) is 0 Å². The van der Waals surface area contributed by atoms with E-state index in [-0.39, 0.29) is 6.61 Å². The molecule has 1 atom stereocenters. The molecule has 0 saturated heterocycles. The minimum atomic E-state index is 0.266. The molecule has 1 N–H and O–H groups in total. The van der Waals surface area contributed by atoms with Gasteiger partial charge in [-0.1, -0.05) is 58.2 Å². The molecule has 0 radical (unpaired) electrons. The Bertz CT molecular complexity index is 615. The summed E-state index contributed by atoms with van der Waals surface area (Å²) in [6.45, 7) is 13.6. The Kier molecular flexibility index (Phi) is 19.0. The average molecular weight is 447 g/mol. The van der Waals surface area contributed by atoms with E-state index in [1.54, 1.807) is 0 Å². The summed E-state index contributed by atoms with van der Waals surface area (Å²) < 4.78 is 0. The maximum Gasteiger partial charge on any atom is 0.0462 e. The second-order valence-electron chi connectivity index (χ2n) is 9.43. The SMILES string of the molecule is CC(C)=CCCC(C)=CCCC(C)=CCCC(C)=CCCC(C)=CCC(CO)CCS. The number of aliphatic hydroxyl groups excluding tert-OH is 1. The van der Waals surface area contributed by atoms with Crippen LogP contribution in [0.15, 0.2) is 58.2 Å². The molecule has 0 rings (SSSR count). The van der Waals surface area contributed by atoms with Crippen molar-refractivity contribution >= 4 is 12.6 Å². The molecule has 0 amide bonds. The van der Waals surface area contributed by atoms with Gasteiger partial charge in [0.2, 0.25) is 0 Å². The Morgan fingerprint density at radius 2 is 1.03 bits per heavy atom. The van der Waals surface area contributed by atoms with E-state index in [2.05, 4.69) is 84.6 Å². The van der Waals surface area contributed by atoms with E-state index in [0.717, 1.165) is 50.7 Å². The number of rotatable bonds is 17. The van der Waals surface area contributed by atoms with Crippen molar-refractivity contribution in [2.75, 3.05) is 12.4 Å². The molecule has 0 heterocycles. The summed E-state index contributed by atoms with van der Waals surface area (Å²) in [7, 11) is 0. The Morgan fingerprint density at radius 1 is 0.645 bits per heavy atom. The van der Waals surface area contributed by atoms with Gasteiger partial charge in [-0.15, -0.1) is 0 Å². The number of hydrogen-bond acceptors (Lipinski definition) is 2. The van der Waals surface area contributed by atoms with Gasteiger partial charge >= 0.3 is 0 Å². The molecule has 0 aromatic carbocycles. The molecule has 1 nitrogen and oxygen atoms in total. The van der Waals surface area contributed by atoms with Gasteiger partial charge in [0.15, 0.2) is 0 Å². The van der Waals surface area contributed by atoms with Crippen molar-refractivity contribution in [3.05, 3.63) is 58.2 Å². The molecular formula is C29H50OS. The fourth-order valence-electron chi connectivity index (χ4n) is 3.47. The topological polar surface area (TPSA) is 20.2 Å². The van der Waals surface area contributed by atoms with Gasteiger partial charge in [0.05, 0.1) is 0 Å². The Hall–Kier alpha value is -0.990. The molecule has 1 unspecified atom stereocenters. The molecule has 0 bridgehead atoms. The Balaban J connectivity index is 4.13. The van der Waals surface area contributed by atoms with E-state index < -0.39 is 0 Å². The van der Waals surface area contributed by atoms with Gasteiger partial charge in [-0.25, -0.2) is 0 Å². The van der Waals surface area contributed by atoms with Crippen LogP contribution >= 0.6 is 12.6 Å².